The number of para-hydroxylation sites is 1. The van der Waals surface area contributed by atoms with Gasteiger partial charge in [0, 0.05) is 21.8 Å². The second-order valence-electron chi connectivity index (χ2n) is 6.75. The summed E-state index contributed by atoms with van der Waals surface area (Å²) in [5.41, 5.74) is 1.54. The van der Waals surface area contributed by atoms with E-state index >= 15 is 0 Å². The summed E-state index contributed by atoms with van der Waals surface area (Å²) in [6.07, 6.45) is 0. The average Bonchev–Trinajstić information content (AvgIpc) is 3.05. The highest BCUT2D eigenvalue weighted by Crippen LogP contribution is 2.44. The maximum Gasteiger partial charge on any atom is 0.300 e. The number of hydrogen-bond acceptors (Lipinski definition) is 4. The summed E-state index contributed by atoms with van der Waals surface area (Å²) in [4.78, 5) is 27.5. The number of nitrogens with zero attached hydrogens (tertiary/aromatic N) is 1. The fraction of sp³-hybridized carbons (Fsp3) is 0.0833. The molecule has 1 N–H and O–H groups in total. The summed E-state index contributed by atoms with van der Waals surface area (Å²) >= 11 is 6.00. The minimum atomic E-state index is -0.859. The highest BCUT2D eigenvalue weighted by molar-refractivity contribution is 6.51. The molecule has 150 valence electrons. The van der Waals surface area contributed by atoms with Gasteiger partial charge in [0.15, 0.2) is 0 Å². The van der Waals surface area contributed by atoms with E-state index in [1.807, 2.05) is 0 Å². The van der Waals surface area contributed by atoms with Gasteiger partial charge in [-0.25, -0.2) is 0 Å². The van der Waals surface area contributed by atoms with Gasteiger partial charge >= 0.3 is 0 Å². The van der Waals surface area contributed by atoms with E-state index < -0.39 is 17.7 Å². The van der Waals surface area contributed by atoms with Crippen LogP contribution in [-0.4, -0.2) is 23.9 Å². The van der Waals surface area contributed by atoms with Crippen molar-refractivity contribution in [3.8, 4) is 5.75 Å². The van der Waals surface area contributed by atoms with Gasteiger partial charge in [0.1, 0.15) is 11.5 Å². The molecule has 0 radical (unpaired) electrons. The fourth-order valence-corrected chi connectivity index (χ4v) is 3.76. The van der Waals surface area contributed by atoms with Crippen LogP contribution < -0.4 is 9.64 Å². The number of hydrogen-bond donors (Lipinski definition) is 1. The van der Waals surface area contributed by atoms with Crippen LogP contribution in [-0.2, 0) is 9.59 Å². The molecule has 0 aromatic heterocycles. The van der Waals surface area contributed by atoms with Crippen molar-refractivity contribution in [2.75, 3.05) is 12.0 Å². The summed E-state index contributed by atoms with van der Waals surface area (Å²) in [6.45, 7) is 0. The summed E-state index contributed by atoms with van der Waals surface area (Å²) in [5, 5.41) is 11.5. The maximum atomic E-state index is 13.1. The molecule has 3 aromatic rings. The number of Topliss-reactive ketones (excluding diaryl/α,β-unsaturated/α-hetero) is 1. The van der Waals surface area contributed by atoms with Gasteiger partial charge < -0.3 is 9.84 Å². The molecule has 1 heterocycles. The number of rotatable bonds is 4. The zero-order chi connectivity index (χ0) is 21.3. The third-order valence-corrected chi connectivity index (χ3v) is 5.28. The van der Waals surface area contributed by atoms with Gasteiger partial charge in [-0.05, 0) is 30.3 Å². The van der Waals surface area contributed by atoms with Crippen LogP contribution in [0.1, 0.15) is 17.2 Å². The van der Waals surface area contributed by atoms with Gasteiger partial charge in [-0.1, -0.05) is 60.1 Å². The Labute approximate surface area is 178 Å². The van der Waals surface area contributed by atoms with Gasteiger partial charge in [-0.3, -0.25) is 14.5 Å². The number of amides is 1. The van der Waals surface area contributed by atoms with Crippen LogP contribution in [0.4, 0.5) is 5.69 Å². The van der Waals surface area contributed by atoms with Crippen molar-refractivity contribution >= 4 is 34.7 Å². The van der Waals surface area contributed by atoms with Crippen LogP contribution >= 0.6 is 11.6 Å². The highest BCUT2D eigenvalue weighted by Gasteiger charge is 2.47. The Morgan fingerprint density at radius 1 is 0.933 bits per heavy atom. The van der Waals surface area contributed by atoms with Crippen molar-refractivity contribution < 1.29 is 19.4 Å². The number of halogens is 1. The molecule has 30 heavy (non-hydrogen) atoms. The fourth-order valence-electron chi connectivity index (χ4n) is 3.64. The van der Waals surface area contributed by atoms with Gasteiger partial charge in [0.05, 0.1) is 18.7 Å². The van der Waals surface area contributed by atoms with E-state index in [1.165, 1.54) is 12.0 Å². The number of anilines is 1. The molecule has 1 fully saturated rings. The Morgan fingerprint density at radius 3 is 2.23 bits per heavy atom. The van der Waals surface area contributed by atoms with Crippen molar-refractivity contribution in [3.63, 3.8) is 0 Å². The molecule has 1 amide bonds. The van der Waals surface area contributed by atoms with Gasteiger partial charge in [-0.15, -0.1) is 0 Å². The third kappa shape index (κ3) is 3.33. The Morgan fingerprint density at radius 2 is 1.57 bits per heavy atom. The molecule has 1 aliphatic rings. The first-order valence-corrected chi connectivity index (χ1v) is 9.65. The summed E-state index contributed by atoms with van der Waals surface area (Å²) in [6, 6.07) is 21.6. The third-order valence-electron chi connectivity index (χ3n) is 5.03. The van der Waals surface area contributed by atoms with E-state index in [9.17, 15) is 14.7 Å². The van der Waals surface area contributed by atoms with Crippen molar-refractivity contribution in [1.82, 2.24) is 0 Å². The van der Waals surface area contributed by atoms with Crippen LogP contribution in [0.25, 0.3) is 5.76 Å². The second-order valence-corrected chi connectivity index (χ2v) is 7.19. The highest BCUT2D eigenvalue weighted by atomic mass is 35.5. The van der Waals surface area contributed by atoms with Crippen LogP contribution in [0.15, 0.2) is 84.4 Å². The smallest absolute Gasteiger partial charge is 0.300 e. The predicted molar refractivity (Wildman–Crippen MR) is 116 cm³/mol. The number of ether oxygens (including phenoxy) is 1. The lowest BCUT2D eigenvalue weighted by atomic mass is 9.94. The SMILES string of the molecule is COc1ccccc1[C@H]1C(=C(O)c2ccccc2)C(=O)C(=O)N1c1ccc(Cl)cc1. The van der Waals surface area contributed by atoms with E-state index in [0.29, 0.717) is 27.6 Å². The van der Waals surface area contributed by atoms with Crippen LogP contribution in [0.3, 0.4) is 0 Å². The topological polar surface area (TPSA) is 66.8 Å². The monoisotopic (exact) mass is 419 g/mol. The van der Waals surface area contributed by atoms with Crippen molar-refractivity contribution in [2.45, 2.75) is 6.04 Å². The molecule has 1 aliphatic heterocycles. The van der Waals surface area contributed by atoms with E-state index in [0.717, 1.165) is 0 Å². The number of aliphatic hydroxyl groups excluding tert-OH is 1. The largest absolute Gasteiger partial charge is 0.507 e. The van der Waals surface area contributed by atoms with Crippen molar-refractivity contribution in [2.24, 2.45) is 0 Å². The van der Waals surface area contributed by atoms with Crippen LogP contribution in [0.5, 0.6) is 5.75 Å². The van der Waals surface area contributed by atoms with E-state index in [2.05, 4.69) is 0 Å². The van der Waals surface area contributed by atoms with Crippen LogP contribution in [0.2, 0.25) is 5.02 Å². The molecule has 5 nitrogen and oxygen atoms in total. The molecule has 1 atom stereocenters. The first kappa shape index (κ1) is 19.7. The number of aliphatic hydroxyl groups is 1. The Balaban J connectivity index is 1.98. The molecular formula is C24H18ClNO4. The zero-order valence-electron chi connectivity index (χ0n) is 16.1. The summed E-state index contributed by atoms with van der Waals surface area (Å²) in [7, 11) is 1.52. The molecule has 3 aromatic carbocycles. The van der Waals surface area contributed by atoms with Crippen molar-refractivity contribution in [3.05, 3.63) is 101 Å². The quantitative estimate of drug-likeness (QED) is 0.368. The molecule has 0 unspecified atom stereocenters. The van der Waals surface area contributed by atoms with E-state index in [-0.39, 0.29) is 11.3 Å². The lowest BCUT2D eigenvalue weighted by molar-refractivity contribution is -0.132. The first-order valence-electron chi connectivity index (χ1n) is 9.28. The lowest BCUT2D eigenvalue weighted by Gasteiger charge is -2.26. The number of carbonyl (C=O) groups excluding carboxylic acids is 2. The zero-order valence-corrected chi connectivity index (χ0v) is 16.8. The minimum Gasteiger partial charge on any atom is -0.507 e. The molecule has 1 saturated heterocycles. The Hall–Kier alpha value is -3.57. The normalized spacial score (nSPS) is 17.9. The molecule has 0 spiro atoms. The predicted octanol–water partition coefficient (Wildman–Crippen LogP) is 4.97. The molecular weight excluding hydrogens is 402 g/mol. The maximum absolute atomic E-state index is 13.1. The summed E-state index contributed by atoms with van der Waals surface area (Å²) < 4.78 is 5.49. The number of benzene rings is 3. The van der Waals surface area contributed by atoms with Crippen molar-refractivity contribution in [1.29, 1.82) is 0 Å². The second kappa shape index (κ2) is 8.05. The number of methoxy groups -OCH3 is 1. The Kier molecular flexibility index (Phi) is 5.29. The first-order chi connectivity index (χ1) is 14.5. The number of carbonyl (C=O) groups is 2. The Bertz CT molecular complexity index is 1140. The average molecular weight is 420 g/mol. The van der Waals surface area contributed by atoms with Crippen LogP contribution in [0, 0.1) is 0 Å². The molecule has 0 bridgehead atoms. The van der Waals surface area contributed by atoms with Gasteiger partial charge in [-0.2, -0.15) is 0 Å². The van der Waals surface area contributed by atoms with Gasteiger partial charge in [0.2, 0.25) is 0 Å². The van der Waals surface area contributed by atoms with Gasteiger partial charge in [0.25, 0.3) is 11.7 Å². The molecule has 0 saturated carbocycles. The molecule has 0 aliphatic carbocycles. The lowest BCUT2D eigenvalue weighted by Crippen LogP contribution is -2.29. The van der Waals surface area contributed by atoms with E-state index in [4.69, 9.17) is 16.3 Å². The minimum absolute atomic E-state index is 0.00523. The number of ketones is 1. The summed E-state index contributed by atoms with van der Waals surface area (Å²) in [5.74, 6) is -1.23. The van der Waals surface area contributed by atoms with E-state index in [1.54, 1.807) is 78.9 Å². The standard InChI is InChI=1S/C24H18ClNO4/c1-30-19-10-6-5-9-18(19)21-20(22(27)15-7-3-2-4-8-15)23(28)24(29)26(21)17-13-11-16(25)12-14-17/h2-14,21,27H,1H3/t21-/m0/s1. The molecule has 4 rings (SSSR count). The molecule has 6 heteroatoms.